The number of benzene rings is 1. The van der Waals surface area contributed by atoms with Crippen LogP contribution < -0.4 is 10.5 Å². The van der Waals surface area contributed by atoms with Gasteiger partial charge in [-0.05, 0) is 43.0 Å². The van der Waals surface area contributed by atoms with Gasteiger partial charge in [0.1, 0.15) is 5.75 Å². The molecule has 1 aromatic carbocycles. The van der Waals surface area contributed by atoms with Crippen LogP contribution in [0.2, 0.25) is 0 Å². The van der Waals surface area contributed by atoms with Crippen molar-refractivity contribution in [1.82, 2.24) is 0 Å². The van der Waals surface area contributed by atoms with Gasteiger partial charge in [-0.25, -0.2) is 0 Å². The Morgan fingerprint density at radius 1 is 1.47 bits per heavy atom. The van der Waals surface area contributed by atoms with E-state index in [4.69, 9.17) is 15.6 Å². The van der Waals surface area contributed by atoms with Crippen LogP contribution >= 0.6 is 0 Å². The van der Waals surface area contributed by atoms with E-state index in [-0.39, 0.29) is 12.5 Å². The van der Waals surface area contributed by atoms with Crippen molar-refractivity contribution in [3.05, 3.63) is 29.3 Å². The number of ether oxygens (including phenoxy) is 1. The van der Waals surface area contributed by atoms with E-state index in [1.165, 1.54) is 5.56 Å². The number of hydrogen-bond donors (Lipinski definition) is 2. The normalized spacial score (nSPS) is 12.5. The Morgan fingerprint density at radius 3 is 2.67 bits per heavy atom. The summed E-state index contributed by atoms with van der Waals surface area (Å²) in [7, 11) is 1.66. The lowest BCUT2D eigenvalue weighted by molar-refractivity contribution is 0.276. The molecule has 0 amide bonds. The van der Waals surface area contributed by atoms with E-state index in [0.717, 1.165) is 11.3 Å². The first kappa shape index (κ1) is 12.0. The van der Waals surface area contributed by atoms with Gasteiger partial charge in [0.25, 0.3) is 0 Å². The fourth-order valence-electron chi connectivity index (χ4n) is 1.73. The molecule has 0 aromatic heterocycles. The van der Waals surface area contributed by atoms with Gasteiger partial charge in [0.2, 0.25) is 0 Å². The van der Waals surface area contributed by atoms with Crippen LogP contribution in [0.5, 0.6) is 5.75 Å². The predicted octanol–water partition coefficient (Wildman–Crippen LogP) is 1.43. The van der Waals surface area contributed by atoms with E-state index in [9.17, 15) is 0 Å². The highest BCUT2D eigenvalue weighted by Crippen LogP contribution is 2.24. The molecule has 84 valence electrons. The van der Waals surface area contributed by atoms with Crippen molar-refractivity contribution in [2.75, 3.05) is 20.3 Å². The van der Waals surface area contributed by atoms with Crippen LogP contribution in [0.1, 0.15) is 23.5 Å². The lowest BCUT2D eigenvalue weighted by Crippen LogP contribution is -2.14. The van der Waals surface area contributed by atoms with Gasteiger partial charge in [0.15, 0.2) is 0 Å². The summed E-state index contributed by atoms with van der Waals surface area (Å²) in [5.74, 6) is 1.12. The summed E-state index contributed by atoms with van der Waals surface area (Å²) in [6.45, 7) is 2.74. The van der Waals surface area contributed by atoms with Crippen LogP contribution in [0.15, 0.2) is 18.2 Å². The van der Waals surface area contributed by atoms with Crippen LogP contribution in [-0.4, -0.2) is 25.4 Å². The van der Waals surface area contributed by atoms with E-state index < -0.39 is 0 Å². The smallest absolute Gasteiger partial charge is 0.121 e. The second kappa shape index (κ2) is 5.73. The number of methoxy groups -OCH3 is 1. The van der Waals surface area contributed by atoms with Crippen LogP contribution in [0.4, 0.5) is 0 Å². The maximum absolute atomic E-state index is 8.92. The van der Waals surface area contributed by atoms with E-state index in [0.29, 0.717) is 13.0 Å². The van der Waals surface area contributed by atoms with Crippen molar-refractivity contribution < 1.29 is 9.84 Å². The fourth-order valence-corrected chi connectivity index (χ4v) is 1.73. The molecule has 1 rings (SSSR count). The third-order valence-electron chi connectivity index (χ3n) is 2.65. The second-order valence-corrected chi connectivity index (χ2v) is 3.67. The number of rotatable bonds is 5. The van der Waals surface area contributed by atoms with Crippen LogP contribution in [0.3, 0.4) is 0 Å². The molecule has 15 heavy (non-hydrogen) atoms. The lowest BCUT2D eigenvalue weighted by Gasteiger charge is -2.15. The Labute approximate surface area is 90.9 Å². The maximum atomic E-state index is 8.92. The first-order valence-corrected chi connectivity index (χ1v) is 5.18. The Bertz CT molecular complexity index is 312. The molecule has 0 aliphatic heterocycles. The van der Waals surface area contributed by atoms with Crippen LogP contribution in [0.25, 0.3) is 0 Å². The third kappa shape index (κ3) is 2.94. The molecule has 3 nitrogen and oxygen atoms in total. The van der Waals surface area contributed by atoms with Gasteiger partial charge in [-0.15, -0.1) is 0 Å². The van der Waals surface area contributed by atoms with E-state index in [1.54, 1.807) is 7.11 Å². The SMILES string of the molecule is COc1ccc(C(CN)CCO)cc1C. The Kier molecular flexibility index (Phi) is 4.59. The molecule has 1 atom stereocenters. The van der Waals surface area contributed by atoms with Gasteiger partial charge in [-0.2, -0.15) is 0 Å². The summed E-state index contributed by atoms with van der Waals surface area (Å²) in [5.41, 5.74) is 7.94. The number of aliphatic hydroxyl groups excluding tert-OH is 1. The van der Waals surface area contributed by atoms with Crippen molar-refractivity contribution in [1.29, 1.82) is 0 Å². The first-order valence-electron chi connectivity index (χ1n) is 5.18. The summed E-state index contributed by atoms with van der Waals surface area (Å²) in [5, 5.41) is 8.92. The Balaban J connectivity index is 2.89. The molecule has 1 unspecified atom stereocenters. The summed E-state index contributed by atoms with van der Waals surface area (Å²) in [6.07, 6.45) is 0.711. The summed E-state index contributed by atoms with van der Waals surface area (Å²) in [4.78, 5) is 0. The van der Waals surface area contributed by atoms with Gasteiger partial charge in [0.05, 0.1) is 7.11 Å². The molecule has 0 bridgehead atoms. The highest BCUT2D eigenvalue weighted by atomic mass is 16.5. The monoisotopic (exact) mass is 209 g/mol. The quantitative estimate of drug-likeness (QED) is 0.771. The number of hydrogen-bond acceptors (Lipinski definition) is 3. The highest BCUT2D eigenvalue weighted by Gasteiger charge is 2.10. The van der Waals surface area contributed by atoms with Gasteiger partial charge in [0, 0.05) is 6.61 Å². The van der Waals surface area contributed by atoms with E-state index in [1.807, 2.05) is 19.1 Å². The van der Waals surface area contributed by atoms with Crippen molar-refractivity contribution in [3.8, 4) is 5.75 Å². The zero-order valence-corrected chi connectivity index (χ0v) is 9.36. The number of aryl methyl sites for hydroxylation is 1. The molecule has 0 saturated heterocycles. The standard InChI is InChI=1S/C12H19NO2/c1-9-7-10(3-4-12(9)15-2)11(8-13)5-6-14/h3-4,7,11,14H,5-6,8,13H2,1-2H3. The topological polar surface area (TPSA) is 55.5 Å². The maximum Gasteiger partial charge on any atom is 0.121 e. The average Bonchev–Trinajstić information content (AvgIpc) is 2.25. The van der Waals surface area contributed by atoms with Crippen molar-refractivity contribution in [2.24, 2.45) is 5.73 Å². The Hall–Kier alpha value is -1.06. The summed E-state index contributed by atoms with van der Waals surface area (Å²) < 4.78 is 5.19. The first-order chi connectivity index (χ1) is 7.22. The van der Waals surface area contributed by atoms with Crippen molar-refractivity contribution >= 4 is 0 Å². The number of nitrogens with two attached hydrogens (primary N) is 1. The minimum atomic E-state index is 0.174. The fraction of sp³-hybridized carbons (Fsp3) is 0.500. The van der Waals surface area contributed by atoms with Gasteiger partial charge >= 0.3 is 0 Å². The molecule has 0 spiro atoms. The van der Waals surface area contributed by atoms with Crippen LogP contribution in [-0.2, 0) is 0 Å². The molecule has 0 aliphatic carbocycles. The highest BCUT2D eigenvalue weighted by molar-refractivity contribution is 5.37. The van der Waals surface area contributed by atoms with E-state index >= 15 is 0 Å². The molecule has 0 saturated carbocycles. The number of aliphatic hydroxyl groups is 1. The largest absolute Gasteiger partial charge is 0.496 e. The van der Waals surface area contributed by atoms with Crippen molar-refractivity contribution in [2.45, 2.75) is 19.3 Å². The molecule has 3 heteroatoms. The molecule has 0 heterocycles. The average molecular weight is 209 g/mol. The molecular weight excluding hydrogens is 190 g/mol. The van der Waals surface area contributed by atoms with Gasteiger partial charge in [-0.3, -0.25) is 0 Å². The summed E-state index contributed by atoms with van der Waals surface area (Å²) in [6, 6.07) is 6.04. The Morgan fingerprint density at radius 2 is 2.20 bits per heavy atom. The molecule has 0 fully saturated rings. The molecular formula is C12H19NO2. The molecule has 0 aliphatic rings. The lowest BCUT2D eigenvalue weighted by atomic mass is 9.94. The third-order valence-corrected chi connectivity index (χ3v) is 2.65. The van der Waals surface area contributed by atoms with Crippen molar-refractivity contribution in [3.63, 3.8) is 0 Å². The van der Waals surface area contributed by atoms with E-state index in [2.05, 4.69) is 6.07 Å². The zero-order chi connectivity index (χ0) is 11.3. The van der Waals surface area contributed by atoms with Gasteiger partial charge in [-0.1, -0.05) is 12.1 Å². The summed E-state index contributed by atoms with van der Waals surface area (Å²) >= 11 is 0. The predicted molar refractivity (Wildman–Crippen MR) is 61.2 cm³/mol. The molecule has 1 aromatic rings. The zero-order valence-electron chi connectivity index (χ0n) is 9.36. The molecule has 0 radical (unpaired) electrons. The minimum absolute atomic E-state index is 0.174. The molecule has 3 N–H and O–H groups in total. The van der Waals surface area contributed by atoms with Crippen LogP contribution in [0, 0.1) is 6.92 Å². The second-order valence-electron chi connectivity index (χ2n) is 3.67. The van der Waals surface area contributed by atoms with Gasteiger partial charge < -0.3 is 15.6 Å². The minimum Gasteiger partial charge on any atom is -0.496 e.